The summed E-state index contributed by atoms with van der Waals surface area (Å²) in [6.07, 6.45) is 1.27. The van der Waals surface area contributed by atoms with Crippen LogP contribution in [-0.4, -0.2) is 35.3 Å². The van der Waals surface area contributed by atoms with Gasteiger partial charge in [-0.2, -0.15) is 5.10 Å². The summed E-state index contributed by atoms with van der Waals surface area (Å²) in [5.41, 5.74) is 7.27. The van der Waals surface area contributed by atoms with Crippen LogP contribution in [0.25, 0.3) is 0 Å². The Morgan fingerprint density at radius 2 is 2.29 bits per heavy atom. The second-order valence-corrected chi connectivity index (χ2v) is 3.85. The van der Waals surface area contributed by atoms with Gasteiger partial charge in [-0.3, -0.25) is 9.48 Å². The third kappa shape index (κ3) is 4.28. The van der Waals surface area contributed by atoms with Crippen molar-refractivity contribution in [3.8, 4) is 0 Å². The molecule has 0 spiro atoms. The minimum atomic E-state index is 0.0655. The highest BCUT2D eigenvalue weighted by Crippen LogP contribution is 2.07. The molecule has 1 aromatic rings. The monoisotopic (exact) mass is 239 g/mol. The molecular weight excluding hydrogens is 218 g/mol. The fourth-order valence-electron chi connectivity index (χ4n) is 1.63. The van der Waals surface area contributed by atoms with E-state index in [9.17, 15) is 4.79 Å². The Labute approximate surface area is 102 Å². The molecule has 96 valence electrons. The van der Waals surface area contributed by atoms with E-state index in [4.69, 9.17) is 10.5 Å². The molecule has 0 fully saturated rings. The van der Waals surface area contributed by atoms with Crippen molar-refractivity contribution < 1.29 is 9.53 Å². The lowest BCUT2D eigenvalue weighted by Crippen LogP contribution is -2.17. The van der Waals surface area contributed by atoms with E-state index in [-0.39, 0.29) is 12.4 Å². The predicted octanol–water partition coefficient (Wildman–Crippen LogP) is 0.552. The number of aryl methyl sites for hydroxylation is 2. The number of rotatable bonds is 8. The maximum atomic E-state index is 11.6. The summed E-state index contributed by atoms with van der Waals surface area (Å²) in [6, 6.07) is 1.99. The van der Waals surface area contributed by atoms with Gasteiger partial charge in [-0.1, -0.05) is 6.92 Å². The van der Waals surface area contributed by atoms with Gasteiger partial charge < -0.3 is 10.5 Å². The molecule has 0 radical (unpaired) electrons. The quantitative estimate of drug-likeness (QED) is 0.673. The van der Waals surface area contributed by atoms with Crippen molar-refractivity contribution >= 4 is 5.78 Å². The van der Waals surface area contributed by atoms with Crippen LogP contribution in [0.2, 0.25) is 0 Å². The molecule has 5 heteroatoms. The second-order valence-electron chi connectivity index (χ2n) is 3.85. The van der Waals surface area contributed by atoms with Crippen LogP contribution in [0.15, 0.2) is 6.07 Å². The average Bonchev–Trinajstić information content (AvgIpc) is 2.71. The van der Waals surface area contributed by atoms with Crippen LogP contribution < -0.4 is 5.73 Å². The van der Waals surface area contributed by atoms with Crippen molar-refractivity contribution in [2.75, 3.05) is 19.8 Å². The molecule has 0 aromatic carbocycles. The molecular formula is C12H21N3O2. The lowest BCUT2D eigenvalue weighted by Gasteiger charge is -2.04. The number of hydrogen-bond donors (Lipinski definition) is 1. The van der Waals surface area contributed by atoms with Crippen LogP contribution in [-0.2, 0) is 28.9 Å². The summed E-state index contributed by atoms with van der Waals surface area (Å²) < 4.78 is 6.99. The summed E-state index contributed by atoms with van der Waals surface area (Å²) in [5, 5.41) is 4.40. The summed E-state index contributed by atoms with van der Waals surface area (Å²) in [5.74, 6) is 0.0655. The molecule has 1 rings (SSSR count). The van der Waals surface area contributed by atoms with Crippen molar-refractivity contribution in [1.82, 2.24) is 9.78 Å². The van der Waals surface area contributed by atoms with Gasteiger partial charge in [0.2, 0.25) is 0 Å². The maximum Gasteiger partial charge on any atom is 0.164 e. The highest BCUT2D eigenvalue weighted by atomic mass is 16.5. The first-order chi connectivity index (χ1) is 8.21. The third-order valence-electron chi connectivity index (χ3n) is 2.48. The summed E-state index contributed by atoms with van der Waals surface area (Å²) in [4.78, 5) is 11.6. The molecule has 0 unspecified atom stereocenters. The molecule has 2 N–H and O–H groups in total. The minimum absolute atomic E-state index is 0.0655. The zero-order valence-electron chi connectivity index (χ0n) is 10.6. The van der Waals surface area contributed by atoms with Gasteiger partial charge in [0.1, 0.15) is 6.61 Å². The van der Waals surface area contributed by atoms with Crippen LogP contribution in [0.5, 0.6) is 0 Å². The van der Waals surface area contributed by atoms with Gasteiger partial charge in [0.25, 0.3) is 0 Å². The number of hydrogen-bond acceptors (Lipinski definition) is 4. The Morgan fingerprint density at radius 1 is 1.53 bits per heavy atom. The van der Waals surface area contributed by atoms with Crippen LogP contribution in [0.3, 0.4) is 0 Å². The number of Topliss-reactive ketones (excluding diaryl/α,β-unsaturated/α-hetero) is 1. The number of ketones is 1. The highest BCUT2D eigenvalue weighted by Gasteiger charge is 2.10. The van der Waals surface area contributed by atoms with Crippen molar-refractivity contribution in [2.24, 2.45) is 5.73 Å². The Bertz CT molecular complexity index is 361. The van der Waals surface area contributed by atoms with E-state index in [0.717, 1.165) is 24.4 Å². The van der Waals surface area contributed by atoms with E-state index in [2.05, 4.69) is 12.0 Å². The average molecular weight is 239 g/mol. The molecule has 17 heavy (non-hydrogen) atoms. The molecule has 1 aromatic heterocycles. The van der Waals surface area contributed by atoms with Gasteiger partial charge in [0, 0.05) is 18.8 Å². The van der Waals surface area contributed by atoms with Crippen molar-refractivity contribution in [1.29, 1.82) is 0 Å². The van der Waals surface area contributed by atoms with Crippen molar-refractivity contribution in [3.05, 3.63) is 17.5 Å². The predicted molar refractivity (Wildman–Crippen MR) is 65.9 cm³/mol. The summed E-state index contributed by atoms with van der Waals surface area (Å²) in [6.45, 7) is 5.86. The van der Waals surface area contributed by atoms with Gasteiger partial charge >= 0.3 is 0 Å². The largest absolute Gasteiger partial charge is 0.372 e. The molecule has 0 aliphatic carbocycles. The SMILES string of the molecule is CCc1cc(CC(=O)COCCN)n(CC)n1. The topological polar surface area (TPSA) is 70.1 Å². The third-order valence-corrected chi connectivity index (χ3v) is 2.48. The van der Waals surface area contributed by atoms with Gasteiger partial charge in [0.05, 0.1) is 18.7 Å². The summed E-state index contributed by atoms with van der Waals surface area (Å²) >= 11 is 0. The molecule has 5 nitrogen and oxygen atoms in total. The van der Waals surface area contributed by atoms with Crippen molar-refractivity contribution in [3.63, 3.8) is 0 Å². The van der Waals surface area contributed by atoms with Crippen molar-refractivity contribution in [2.45, 2.75) is 33.2 Å². The van der Waals surface area contributed by atoms with Crippen LogP contribution in [0.4, 0.5) is 0 Å². The Morgan fingerprint density at radius 3 is 2.88 bits per heavy atom. The zero-order chi connectivity index (χ0) is 12.7. The first kappa shape index (κ1) is 13.9. The number of carbonyl (C=O) groups is 1. The zero-order valence-corrected chi connectivity index (χ0v) is 10.6. The van der Waals surface area contributed by atoms with E-state index in [1.165, 1.54) is 0 Å². The molecule has 0 saturated heterocycles. The number of ether oxygens (including phenoxy) is 1. The Hall–Kier alpha value is -1.20. The molecule has 1 heterocycles. The fraction of sp³-hybridized carbons (Fsp3) is 0.667. The first-order valence-electron chi connectivity index (χ1n) is 6.06. The van der Waals surface area contributed by atoms with E-state index >= 15 is 0 Å². The summed E-state index contributed by atoms with van der Waals surface area (Å²) in [7, 11) is 0. The van der Waals surface area contributed by atoms with E-state index in [1.807, 2.05) is 17.7 Å². The van der Waals surface area contributed by atoms with Gasteiger partial charge in [-0.05, 0) is 19.4 Å². The first-order valence-corrected chi connectivity index (χ1v) is 6.06. The highest BCUT2D eigenvalue weighted by molar-refractivity contribution is 5.81. The number of aromatic nitrogens is 2. The smallest absolute Gasteiger partial charge is 0.164 e. The van der Waals surface area contributed by atoms with Gasteiger partial charge in [-0.25, -0.2) is 0 Å². The molecule has 0 amide bonds. The molecule has 0 saturated carbocycles. The molecule has 0 atom stereocenters. The number of carbonyl (C=O) groups excluding carboxylic acids is 1. The second kappa shape index (κ2) is 7.19. The number of nitrogens with zero attached hydrogens (tertiary/aromatic N) is 2. The molecule has 0 bridgehead atoms. The van der Waals surface area contributed by atoms with E-state index in [1.54, 1.807) is 0 Å². The number of nitrogens with two attached hydrogens (primary N) is 1. The van der Waals surface area contributed by atoms with Gasteiger partial charge in [-0.15, -0.1) is 0 Å². The molecule has 0 aliphatic heterocycles. The van der Waals surface area contributed by atoms with E-state index in [0.29, 0.717) is 19.6 Å². The van der Waals surface area contributed by atoms with Gasteiger partial charge in [0.15, 0.2) is 5.78 Å². The minimum Gasteiger partial charge on any atom is -0.372 e. The maximum absolute atomic E-state index is 11.6. The van der Waals surface area contributed by atoms with E-state index < -0.39 is 0 Å². The van der Waals surface area contributed by atoms with Crippen LogP contribution in [0, 0.1) is 0 Å². The molecule has 0 aliphatic rings. The standard InChI is InChI=1S/C12H21N3O2/c1-3-10-7-11(15(4-2)14-10)8-12(16)9-17-6-5-13/h7H,3-6,8-9,13H2,1-2H3. The lowest BCUT2D eigenvalue weighted by atomic mass is 10.2. The fourth-order valence-corrected chi connectivity index (χ4v) is 1.63. The Balaban J connectivity index is 2.54. The van der Waals surface area contributed by atoms with Crippen LogP contribution >= 0.6 is 0 Å². The lowest BCUT2D eigenvalue weighted by molar-refractivity contribution is -0.122. The Kier molecular flexibility index (Phi) is 5.86. The normalized spacial score (nSPS) is 10.8. The van der Waals surface area contributed by atoms with Crippen LogP contribution in [0.1, 0.15) is 25.2 Å².